The molecule has 0 bridgehead atoms. The fraction of sp³-hybridized carbons (Fsp3) is 0.500. The maximum atomic E-state index is 10.4. The maximum absolute atomic E-state index is 10.4. The predicted molar refractivity (Wildman–Crippen MR) is 56.5 cm³/mol. The second kappa shape index (κ2) is 4.55. The minimum Gasteiger partial charge on any atom is -0.298 e. The van der Waals surface area contributed by atoms with Crippen LogP contribution >= 0.6 is 11.8 Å². The molecule has 2 rings (SSSR count). The molecule has 1 aromatic rings. The molecule has 0 saturated carbocycles. The lowest BCUT2D eigenvalue weighted by Crippen LogP contribution is -2.06. The Labute approximate surface area is 87.3 Å². The number of rotatable bonds is 2. The van der Waals surface area contributed by atoms with E-state index in [4.69, 9.17) is 0 Å². The molecule has 0 aromatic carbocycles. The van der Waals surface area contributed by atoms with E-state index < -0.39 is 0 Å². The van der Waals surface area contributed by atoms with Gasteiger partial charge in [-0.2, -0.15) is 11.8 Å². The monoisotopic (exact) mass is 208 g/mol. The van der Waals surface area contributed by atoms with Crippen molar-refractivity contribution in [2.75, 3.05) is 5.75 Å². The Morgan fingerprint density at radius 2 is 2.14 bits per heavy atom. The van der Waals surface area contributed by atoms with Gasteiger partial charge in [0.2, 0.25) is 0 Å². The average molecular weight is 208 g/mol. The van der Waals surface area contributed by atoms with Crippen LogP contribution in [0.15, 0.2) is 12.4 Å². The van der Waals surface area contributed by atoms with E-state index in [0.717, 1.165) is 18.5 Å². The summed E-state index contributed by atoms with van der Waals surface area (Å²) in [5, 5.41) is 0.435. The Bertz CT molecular complexity index is 306. The predicted octanol–water partition coefficient (Wildman–Crippen LogP) is 2.25. The lowest BCUT2D eigenvalue weighted by Gasteiger charge is -2.19. The van der Waals surface area contributed by atoms with Crippen LogP contribution in [0, 0.1) is 0 Å². The van der Waals surface area contributed by atoms with Gasteiger partial charge in [0, 0.05) is 12.4 Å². The highest BCUT2D eigenvalue weighted by Gasteiger charge is 2.18. The fourth-order valence-corrected chi connectivity index (χ4v) is 2.78. The first-order valence-electron chi connectivity index (χ1n) is 4.79. The van der Waals surface area contributed by atoms with Gasteiger partial charge in [0.05, 0.1) is 10.8 Å². The van der Waals surface area contributed by atoms with Gasteiger partial charge in [0.1, 0.15) is 5.82 Å². The van der Waals surface area contributed by atoms with E-state index in [2.05, 4.69) is 9.97 Å². The number of nitrogens with zero attached hydrogens (tertiary/aromatic N) is 2. The molecule has 2 heterocycles. The minimum absolute atomic E-state index is 0.435. The van der Waals surface area contributed by atoms with Crippen molar-refractivity contribution in [1.29, 1.82) is 0 Å². The van der Waals surface area contributed by atoms with Crippen molar-refractivity contribution in [1.82, 2.24) is 9.97 Å². The molecule has 74 valence electrons. The summed E-state index contributed by atoms with van der Waals surface area (Å²) in [5.74, 6) is 2.07. The number of aldehydes is 1. The van der Waals surface area contributed by atoms with Crippen molar-refractivity contribution < 1.29 is 4.79 Å². The highest BCUT2D eigenvalue weighted by Crippen LogP contribution is 2.36. The molecule has 0 aliphatic carbocycles. The van der Waals surface area contributed by atoms with Gasteiger partial charge in [0.15, 0.2) is 6.29 Å². The molecule has 0 amide bonds. The number of thioether (sulfide) groups is 1. The molecule has 0 spiro atoms. The second-order valence-electron chi connectivity index (χ2n) is 3.35. The van der Waals surface area contributed by atoms with Gasteiger partial charge in [-0.3, -0.25) is 4.79 Å². The first-order valence-corrected chi connectivity index (χ1v) is 5.84. The van der Waals surface area contributed by atoms with E-state index in [1.807, 2.05) is 11.8 Å². The highest BCUT2D eigenvalue weighted by molar-refractivity contribution is 7.99. The van der Waals surface area contributed by atoms with Crippen LogP contribution in [-0.2, 0) is 0 Å². The van der Waals surface area contributed by atoms with Crippen molar-refractivity contribution in [2.45, 2.75) is 24.5 Å². The van der Waals surface area contributed by atoms with Crippen molar-refractivity contribution in [2.24, 2.45) is 0 Å². The third kappa shape index (κ3) is 2.12. The van der Waals surface area contributed by atoms with Crippen LogP contribution in [0.4, 0.5) is 0 Å². The van der Waals surface area contributed by atoms with E-state index >= 15 is 0 Å². The molecule has 1 fully saturated rings. The van der Waals surface area contributed by atoms with Gasteiger partial charge < -0.3 is 0 Å². The van der Waals surface area contributed by atoms with Gasteiger partial charge in [-0.25, -0.2) is 9.97 Å². The van der Waals surface area contributed by atoms with E-state index in [1.165, 1.54) is 18.6 Å². The molecule has 4 heteroatoms. The topological polar surface area (TPSA) is 42.9 Å². The number of carbonyl (C=O) groups excluding carboxylic acids is 1. The average Bonchev–Trinajstić information content (AvgIpc) is 2.30. The molecular weight excluding hydrogens is 196 g/mol. The third-order valence-corrected chi connectivity index (χ3v) is 3.67. The summed E-state index contributed by atoms with van der Waals surface area (Å²) in [5.41, 5.74) is 0.551. The Kier molecular flexibility index (Phi) is 3.14. The van der Waals surface area contributed by atoms with E-state index in [-0.39, 0.29) is 0 Å². The summed E-state index contributed by atoms with van der Waals surface area (Å²) in [7, 11) is 0. The minimum atomic E-state index is 0.435. The number of aromatic nitrogens is 2. The summed E-state index contributed by atoms with van der Waals surface area (Å²) in [4.78, 5) is 18.8. The molecule has 14 heavy (non-hydrogen) atoms. The molecule has 0 radical (unpaired) electrons. The zero-order valence-electron chi connectivity index (χ0n) is 7.85. The molecular formula is C10H12N2OS. The largest absolute Gasteiger partial charge is 0.298 e. The van der Waals surface area contributed by atoms with Gasteiger partial charge in [-0.1, -0.05) is 6.42 Å². The molecule has 0 N–H and O–H groups in total. The standard InChI is InChI=1S/C10H12N2OS/c13-7-8-5-11-10(12-6-8)9-3-1-2-4-14-9/h5-7,9H,1-4H2. The Morgan fingerprint density at radius 3 is 2.71 bits per heavy atom. The van der Waals surface area contributed by atoms with E-state index in [1.54, 1.807) is 12.4 Å². The highest BCUT2D eigenvalue weighted by atomic mass is 32.2. The van der Waals surface area contributed by atoms with Crippen LogP contribution < -0.4 is 0 Å². The lowest BCUT2D eigenvalue weighted by atomic mass is 10.2. The van der Waals surface area contributed by atoms with Gasteiger partial charge in [-0.05, 0) is 18.6 Å². The summed E-state index contributed by atoms with van der Waals surface area (Å²) in [6, 6.07) is 0. The van der Waals surface area contributed by atoms with Crippen LogP contribution in [0.1, 0.15) is 40.7 Å². The van der Waals surface area contributed by atoms with Crippen LogP contribution in [-0.4, -0.2) is 22.0 Å². The van der Waals surface area contributed by atoms with E-state index in [9.17, 15) is 4.79 Å². The SMILES string of the molecule is O=Cc1cnc(C2CCCCS2)nc1. The Hall–Kier alpha value is -0.900. The zero-order chi connectivity index (χ0) is 9.80. The molecule has 1 aromatic heterocycles. The molecule has 3 nitrogen and oxygen atoms in total. The summed E-state index contributed by atoms with van der Waals surface area (Å²) in [6.07, 6.45) is 7.70. The first-order chi connectivity index (χ1) is 6.90. The lowest BCUT2D eigenvalue weighted by molar-refractivity contribution is 0.112. The summed E-state index contributed by atoms with van der Waals surface area (Å²) in [6.45, 7) is 0. The van der Waals surface area contributed by atoms with Crippen molar-refractivity contribution >= 4 is 18.0 Å². The molecule has 1 unspecified atom stereocenters. The Morgan fingerprint density at radius 1 is 1.36 bits per heavy atom. The van der Waals surface area contributed by atoms with Crippen LogP contribution in [0.2, 0.25) is 0 Å². The third-order valence-electron chi connectivity index (χ3n) is 2.30. The number of hydrogen-bond acceptors (Lipinski definition) is 4. The van der Waals surface area contributed by atoms with Crippen molar-refractivity contribution in [3.05, 3.63) is 23.8 Å². The van der Waals surface area contributed by atoms with Gasteiger partial charge >= 0.3 is 0 Å². The summed E-state index contributed by atoms with van der Waals surface area (Å²) < 4.78 is 0. The van der Waals surface area contributed by atoms with Crippen LogP contribution in [0.3, 0.4) is 0 Å². The van der Waals surface area contributed by atoms with Crippen LogP contribution in [0.5, 0.6) is 0 Å². The smallest absolute Gasteiger partial charge is 0.153 e. The van der Waals surface area contributed by atoms with Crippen molar-refractivity contribution in [3.63, 3.8) is 0 Å². The molecule has 1 atom stereocenters. The normalized spacial score (nSPS) is 21.9. The van der Waals surface area contributed by atoms with Gasteiger partial charge in [-0.15, -0.1) is 0 Å². The fourth-order valence-electron chi connectivity index (χ4n) is 1.52. The quantitative estimate of drug-likeness (QED) is 0.699. The van der Waals surface area contributed by atoms with Gasteiger partial charge in [0.25, 0.3) is 0 Å². The summed E-state index contributed by atoms with van der Waals surface area (Å²) >= 11 is 1.92. The van der Waals surface area contributed by atoms with E-state index in [0.29, 0.717) is 10.8 Å². The van der Waals surface area contributed by atoms with Crippen LogP contribution in [0.25, 0.3) is 0 Å². The number of carbonyl (C=O) groups is 1. The molecule has 1 saturated heterocycles. The first kappa shape index (κ1) is 9.65. The van der Waals surface area contributed by atoms with Crippen molar-refractivity contribution in [3.8, 4) is 0 Å². The Balaban J connectivity index is 2.11. The maximum Gasteiger partial charge on any atom is 0.153 e. The molecule has 1 aliphatic heterocycles. The molecule has 1 aliphatic rings. The second-order valence-corrected chi connectivity index (χ2v) is 4.66. The number of hydrogen-bond donors (Lipinski definition) is 0. The zero-order valence-corrected chi connectivity index (χ0v) is 8.67.